The van der Waals surface area contributed by atoms with Gasteiger partial charge in [0.1, 0.15) is 11.8 Å². The monoisotopic (exact) mass is 643 g/mol. The number of aliphatic hydroxyl groups excluding tert-OH is 1. The van der Waals surface area contributed by atoms with Crippen LogP contribution in [0.25, 0.3) is 0 Å². The fourth-order valence-corrected chi connectivity index (χ4v) is 5.25. The Hall–Kier alpha value is -3.87. The van der Waals surface area contributed by atoms with E-state index in [0.717, 1.165) is 0 Å². The summed E-state index contributed by atoms with van der Waals surface area (Å²) in [6.07, 6.45) is 3.67. The minimum atomic E-state index is -1.01. The molecule has 12 heteroatoms. The van der Waals surface area contributed by atoms with E-state index >= 15 is 0 Å². The van der Waals surface area contributed by atoms with Gasteiger partial charge in [-0.2, -0.15) is 0 Å². The number of carbonyl (C=O) groups is 4. The third kappa shape index (κ3) is 10.1. The van der Waals surface area contributed by atoms with Crippen LogP contribution in [0, 0.1) is 11.8 Å². The van der Waals surface area contributed by atoms with Crippen LogP contribution in [0.4, 0.5) is 4.79 Å². The molecule has 6 atom stereocenters. The Morgan fingerprint density at radius 2 is 1.74 bits per heavy atom. The molecule has 0 aromatic rings. The van der Waals surface area contributed by atoms with Crippen molar-refractivity contribution in [2.24, 2.45) is 22.6 Å². The molecular weight excluding hydrogens is 594 g/mol. The first-order chi connectivity index (χ1) is 21.4. The normalized spacial score (nSPS) is 30.8. The van der Waals surface area contributed by atoms with E-state index in [9.17, 15) is 24.3 Å². The molecule has 46 heavy (non-hydrogen) atoms. The Morgan fingerprint density at radius 3 is 2.28 bits per heavy atom. The van der Waals surface area contributed by atoms with E-state index in [1.807, 2.05) is 27.7 Å². The maximum Gasteiger partial charge on any atom is 0.405 e. The summed E-state index contributed by atoms with van der Waals surface area (Å²) >= 11 is 0. The van der Waals surface area contributed by atoms with Gasteiger partial charge >= 0.3 is 6.09 Å². The van der Waals surface area contributed by atoms with Crippen molar-refractivity contribution in [2.45, 2.75) is 91.3 Å². The van der Waals surface area contributed by atoms with Gasteiger partial charge in [-0.25, -0.2) is 4.79 Å². The van der Waals surface area contributed by atoms with Gasteiger partial charge in [-0.05, 0) is 59.0 Å². The highest BCUT2D eigenvalue weighted by Crippen LogP contribution is 2.31. The van der Waals surface area contributed by atoms with Gasteiger partial charge in [-0.3, -0.25) is 19.4 Å². The molecule has 2 amide bonds. The lowest BCUT2D eigenvalue weighted by Gasteiger charge is -2.30. The number of nitrogens with one attached hydrogen (secondary N) is 1. The van der Waals surface area contributed by atoms with Crippen molar-refractivity contribution < 1.29 is 43.2 Å². The predicted octanol–water partition coefficient (Wildman–Crippen LogP) is 3.65. The van der Waals surface area contributed by atoms with E-state index in [-0.39, 0.29) is 40.5 Å². The summed E-state index contributed by atoms with van der Waals surface area (Å²) in [5.74, 6) is -2.64. The van der Waals surface area contributed by atoms with E-state index in [1.165, 1.54) is 33.6 Å². The van der Waals surface area contributed by atoms with E-state index in [1.54, 1.807) is 39.0 Å². The van der Waals surface area contributed by atoms with Crippen LogP contribution in [0.3, 0.4) is 0 Å². The van der Waals surface area contributed by atoms with Gasteiger partial charge in [0.2, 0.25) is 11.6 Å². The number of allylic oxidation sites excluding steroid dienone is 4. The minimum Gasteiger partial charge on any atom is -0.492 e. The maximum absolute atomic E-state index is 14.0. The Morgan fingerprint density at radius 1 is 1.09 bits per heavy atom. The first-order valence-corrected chi connectivity index (χ1v) is 15.2. The highest BCUT2D eigenvalue weighted by Gasteiger charge is 2.37. The first kappa shape index (κ1) is 38.3. The molecule has 1 aliphatic heterocycles. The molecule has 0 fully saturated rings. The average Bonchev–Trinajstić information content (AvgIpc) is 2.97. The van der Waals surface area contributed by atoms with Crippen LogP contribution in [-0.2, 0) is 33.3 Å². The van der Waals surface area contributed by atoms with Crippen molar-refractivity contribution in [3.05, 3.63) is 58.1 Å². The number of carbonyl (C=O) groups excluding carboxylic acids is 4. The van der Waals surface area contributed by atoms with Crippen molar-refractivity contribution in [1.29, 1.82) is 0 Å². The Balaban J connectivity index is 2.77. The predicted molar refractivity (Wildman–Crippen MR) is 174 cm³/mol. The number of nitrogens with two attached hydrogens (primary N) is 1. The molecule has 0 aromatic carbocycles. The highest BCUT2D eigenvalue weighted by molar-refractivity contribution is 6.32. The molecule has 0 unspecified atom stereocenters. The first-order valence-electron chi connectivity index (χ1n) is 15.2. The van der Waals surface area contributed by atoms with Gasteiger partial charge in [-0.1, -0.05) is 38.2 Å². The molecule has 0 aromatic heterocycles. The third-order valence-corrected chi connectivity index (χ3v) is 7.72. The number of ketones is 2. The van der Waals surface area contributed by atoms with Crippen LogP contribution in [-0.4, -0.2) is 86.2 Å². The molecule has 254 valence electrons. The van der Waals surface area contributed by atoms with Crippen molar-refractivity contribution in [2.75, 3.05) is 21.3 Å². The molecule has 0 saturated heterocycles. The quantitative estimate of drug-likeness (QED) is 0.229. The second-order valence-electron chi connectivity index (χ2n) is 12.7. The number of aliphatic hydroxyl groups is 1. The lowest BCUT2D eigenvalue weighted by atomic mass is 9.84. The van der Waals surface area contributed by atoms with Crippen LogP contribution >= 0.6 is 0 Å². The molecule has 0 radical (unpaired) electrons. The van der Waals surface area contributed by atoms with Crippen molar-refractivity contribution in [3.63, 3.8) is 0 Å². The van der Waals surface area contributed by atoms with Crippen molar-refractivity contribution >= 4 is 29.8 Å². The smallest absolute Gasteiger partial charge is 0.405 e. The number of rotatable bonds is 5. The summed E-state index contributed by atoms with van der Waals surface area (Å²) in [5.41, 5.74) is 5.38. The number of fused-ring (bicyclic) bond motifs is 2. The fourth-order valence-electron chi connectivity index (χ4n) is 5.25. The van der Waals surface area contributed by atoms with Crippen molar-refractivity contribution in [3.8, 4) is 0 Å². The number of primary amides is 1. The SMILES string of the molecule is COC1=C2C[C@H](C)C[C@H](OC)[C@H](O)[C@H](C)/C=C(\C)[C@H](OC(N)=O)[C@H](OC)/C=C\C=C(\C)C(=O)NC(=C(C=NC(C)(C)C)C1=O)C2=O. The van der Waals surface area contributed by atoms with Crippen LogP contribution in [0.1, 0.15) is 61.3 Å². The Kier molecular flexibility index (Phi) is 13.8. The van der Waals surface area contributed by atoms with Crippen LogP contribution < -0.4 is 11.1 Å². The zero-order valence-corrected chi connectivity index (χ0v) is 28.5. The van der Waals surface area contributed by atoms with Gasteiger partial charge in [0.25, 0.3) is 5.91 Å². The lowest BCUT2D eigenvalue weighted by Crippen LogP contribution is -2.38. The van der Waals surface area contributed by atoms with Crippen molar-refractivity contribution in [1.82, 2.24) is 5.32 Å². The van der Waals surface area contributed by atoms with Crippen LogP contribution in [0.15, 0.2) is 63.0 Å². The summed E-state index contributed by atoms with van der Waals surface area (Å²) in [6, 6.07) is 0. The van der Waals surface area contributed by atoms with E-state index in [0.29, 0.717) is 12.0 Å². The number of Topliss-reactive ketones (excluding diaryl/α,β-unsaturated/α-hetero) is 2. The second kappa shape index (κ2) is 16.6. The van der Waals surface area contributed by atoms with Gasteiger partial charge < -0.3 is 35.1 Å². The number of ether oxygens (including phenoxy) is 4. The van der Waals surface area contributed by atoms with Gasteiger partial charge in [0.15, 0.2) is 11.9 Å². The second-order valence-corrected chi connectivity index (χ2v) is 12.7. The average molecular weight is 644 g/mol. The zero-order chi connectivity index (χ0) is 34.9. The number of hydrogen-bond donors (Lipinski definition) is 3. The summed E-state index contributed by atoms with van der Waals surface area (Å²) in [4.78, 5) is 57.3. The maximum atomic E-state index is 14.0. The molecule has 0 spiro atoms. The van der Waals surface area contributed by atoms with Crippen LogP contribution in [0.2, 0.25) is 0 Å². The molecule has 2 aliphatic rings. The summed E-state index contributed by atoms with van der Waals surface area (Å²) in [5, 5.41) is 13.9. The summed E-state index contributed by atoms with van der Waals surface area (Å²) in [6.45, 7) is 12.4. The summed E-state index contributed by atoms with van der Waals surface area (Å²) in [7, 11) is 4.22. The molecule has 2 rings (SSSR count). The lowest BCUT2D eigenvalue weighted by molar-refractivity contribution is -0.121. The van der Waals surface area contributed by atoms with E-state index in [2.05, 4.69) is 10.3 Å². The van der Waals surface area contributed by atoms with Gasteiger partial charge in [-0.15, -0.1) is 0 Å². The van der Waals surface area contributed by atoms with Gasteiger partial charge in [0.05, 0.1) is 30.4 Å². The number of aliphatic imine (C=N–C) groups is 1. The topological polar surface area (TPSA) is 176 Å². The Bertz CT molecular complexity index is 1360. The standard InChI is InChI=1S/C34H49N3O9/c1-18-14-22-28(39)26(23(17-36-34(5,6)7)29(40)31(22)45-10)37-32(41)19(2)12-11-13-24(43-8)30(46-33(35)42)21(4)16-20(3)27(38)25(15-18)44-9/h11-13,16-18,20,24-25,27,30,38H,14-15H2,1-10H3,(H2,35,42)(H,37,41)/b13-11-,19-12-,21-16+,36-17?/t18-,20+,24+,25-,27+,30-/m0/s1. The molecule has 1 heterocycles. The minimum absolute atomic E-state index is 0.0952. The molecule has 2 bridgehead atoms. The fraction of sp³-hybridized carbons (Fsp3) is 0.559. The van der Waals surface area contributed by atoms with E-state index < -0.39 is 59.4 Å². The number of amides is 2. The largest absolute Gasteiger partial charge is 0.492 e. The van der Waals surface area contributed by atoms with Crippen LogP contribution in [0.5, 0.6) is 0 Å². The Labute approximate surface area is 271 Å². The number of methoxy groups -OCH3 is 3. The highest BCUT2D eigenvalue weighted by atomic mass is 16.6. The number of nitrogens with zero attached hydrogens (tertiary/aromatic N) is 1. The zero-order valence-electron chi connectivity index (χ0n) is 28.5. The third-order valence-electron chi connectivity index (χ3n) is 7.72. The molecule has 0 saturated carbocycles. The number of hydrogen-bond acceptors (Lipinski definition) is 10. The van der Waals surface area contributed by atoms with E-state index in [4.69, 9.17) is 24.7 Å². The van der Waals surface area contributed by atoms with Gasteiger partial charge in [0, 0.05) is 37.5 Å². The molecular formula is C34H49N3O9. The summed E-state index contributed by atoms with van der Waals surface area (Å²) < 4.78 is 22.1. The molecule has 1 aliphatic carbocycles. The molecule has 12 nitrogen and oxygen atoms in total. The molecule has 4 N–H and O–H groups in total.